The number of aryl methyl sites for hydroxylation is 2. The van der Waals surface area contributed by atoms with Gasteiger partial charge in [-0.15, -0.1) is 0 Å². The summed E-state index contributed by atoms with van der Waals surface area (Å²) in [6.45, 7) is 3.90. The first kappa shape index (κ1) is 15.9. The minimum absolute atomic E-state index is 0.00952. The van der Waals surface area contributed by atoms with Crippen molar-refractivity contribution in [1.82, 2.24) is 9.97 Å². The van der Waals surface area contributed by atoms with Gasteiger partial charge in [-0.3, -0.25) is 10.1 Å². The molecule has 5 nitrogen and oxygen atoms in total. The Morgan fingerprint density at radius 1 is 1.38 bits per heavy atom. The van der Waals surface area contributed by atoms with Crippen molar-refractivity contribution in [1.29, 1.82) is 0 Å². The molecule has 0 atom stereocenters. The molecule has 0 aliphatic heterocycles. The maximum Gasteiger partial charge on any atom is 0.270 e. The lowest BCUT2D eigenvalue weighted by Crippen LogP contribution is -2.00. The van der Waals surface area contributed by atoms with E-state index in [1.165, 1.54) is 12.1 Å². The molecular formula is C14H13BrClN3O2. The smallest absolute Gasteiger partial charge is 0.258 e. The van der Waals surface area contributed by atoms with Gasteiger partial charge in [0.2, 0.25) is 0 Å². The summed E-state index contributed by atoms with van der Waals surface area (Å²) in [6, 6.07) is 4.63. The number of nitro groups is 1. The molecule has 0 amide bonds. The zero-order chi connectivity index (χ0) is 15.6. The SMILES string of the molecule is CCCc1nc(-c2cc([N+](=O)[O-])ccc2C)nc(Cl)c1Br. The summed E-state index contributed by atoms with van der Waals surface area (Å²) >= 11 is 9.51. The van der Waals surface area contributed by atoms with E-state index >= 15 is 0 Å². The van der Waals surface area contributed by atoms with Crippen LogP contribution in [0, 0.1) is 17.0 Å². The van der Waals surface area contributed by atoms with E-state index in [2.05, 4.69) is 25.9 Å². The van der Waals surface area contributed by atoms with Crippen LogP contribution in [0.4, 0.5) is 5.69 Å². The van der Waals surface area contributed by atoms with Gasteiger partial charge in [-0.25, -0.2) is 9.97 Å². The summed E-state index contributed by atoms with van der Waals surface area (Å²) < 4.78 is 0.679. The lowest BCUT2D eigenvalue weighted by molar-refractivity contribution is -0.384. The van der Waals surface area contributed by atoms with Crippen molar-refractivity contribution in [2.24, 2.45) is 0 Å². The number of hydrogen-bond acceptors (Lipinski definition) is 4. The highest BCUT2D eigenvalue weighted by molar-refractivity contribution is 9.10. The third kappa shape index (κ3) is 3.39. The van der Waals surface area contributed by atoms with Crippen molar-refractivity contribution in [3.8, 4) is 11.4 Å². The van der Waals surface area contributed by atoms with Gasteiger partial charge in [0.1, 0.15) is 5.15 Å². The molecule has 0 aliphatic rings. The van der Waals surface area contributed by atoms with E-state index in [0.29, 0.717) is 21.0 Å². The van der Waals surface area contributed by atoms with Gasteiger partial charge in [-0.2, -0.15) is 0 Å². The van der Waals surface area contributed by atoms with Gasteiger partial charge >= 0.3 is 0 Å². The molecule has 0 aliphatic carbocycles. The number of hydrogen-bond donors (Lipinski definition) is 0. The molecule has 0 fully saturated rings. The van der Waals surface area contributed by atoms with Gasteiger partial charge in [0.15, 0.2) is 5.82 Å². The van der Waals surface area contributed by atoms with Crippen molar-refractivity contribution >= 4 is 33.2 Å². The minimum atomic E-state index is -0.434. The Morgan fingerprint density at radius 2 is 2.10 bits per heavy atom. The zero-order valence-corrected chi connectivity index (χ0v) is 13.9. The van der Waals surface area contributed by atoms with Crippen molar-refractivity contribution in [2.75, 3.05) is 0 Å². The normalized spacial score (nSPS) is 10.7. The Morgan fingerprint density at radius 3 is 2.71 bits per heavy atom. The maximum atomic E-state index is 10.9. The minimum Gasteiger partial charge on any atom is -0.258 e. The largest absolute Gasteiger partial charge is 0.270 e. The Kier molecular flexibility index (Phi) is 4.90. The van der Waals surface area contributed by atoms with Gasteiger partial charge in [-0.1, -0.05) is 31.0 Å². The molecule has 2 rings (SSSR count). The van der Waals surface area contributed by atoms with Gasteiger partial charge in [0.25, 0.3) is 5.69 Å². The van der Waals surface area contributed by atoms with Crippen molar-refractivity contribution in [2.45, 2.75) is 26.7 Å². The molecule has 0 saturated carbocycles. The van der Waals surface area contributed by atoms with Crippen molar-refractivity contribution < 1.29 is 4.92 Å². The molecule has 1 heterocycles. The zero-order valence-electron chi connectivity index (χ0n) is 11.6. The van der Waals surface area contributed by atoms with Crippen LogP contribution in [0.3, 0.4) is 0 Å². The van der Waals surface area contributed by atoms with Crippen LogP contribution in [0.25, 0.3) is 11.4 Å². The number of non-ortho nitro benzene ring substituents is 1. The van der Waals surface area contributed by atoms with E-state index in [0.717, 1.165) is 24.1 Å². The molecular weight excluding hydrogens is 358 g/mol. The Labute approximate surface area is 135 Å². The third-order valence-electron chi connectivity index (χ3n) is 3.04. The van der Waals surface area contributed by atoms with Crippen LogP contribution in [-0.4, -0.2) is 14.9 Å². The van der Waals surface area contributed by atoms with Crippen LogP contribution in [0.2, 0.25) is 5.15 Å². The second-order valence-corrected chi connectivity index (χ2v) is 5.76. The molecule has 0 N–H and O–H groups in total. The first-order chi connectivity index (χ1) is 9.93. The first-order valence-corrected chi connectivity index (χ1v) is 7.58. The molecule has 1 aromatic carbocycles. The molecule has 1 aromatic heterocycles. The fourth-order valence-electron chi connectivity index (χ4n) is 1.95. The van der Waals surface area contributed by atoms with Crippen LogP contribution in [-0.2, 0) is 6.42 Å². The Bertz CT molecular complexity index is 707. The summed E-state index contributed by atoms with van der Waals surface area (Å²) in [4.78, 5) is 19.2. The molecule has 0 bridgehead atoms. The summed E-state index contributed by atoms with van der Waals surface area (Å²) in [5.74, 6) is 0.410. The highest BCUT2D eigenvalue weighted by Crippen LogP contribution is 2.30. The van der Waals surface area contributed by atoms with Gasteiger partial charge < -0.3 is 0 Å². The molecule has 7 heteroatoms. The van der Waals surface area contributed by atoms with Crippen molar-refractivity contribution in [3.63, 3.8) is 0 Å². The van der Waals surface area contributed by atoms with E-state index in [1.54, 1.807) is 6.07 Å². The Hall–Kier alpha value is -1.53. The van der Waals surface area contributed by atoms with E-state index in [9.17, 15) is 10.1 Å². The highest BCUT2D eigenvalue weighted by atomic mass is 79.9. The molecule has 0 spiro atoms. The second-order valence-electron chi connectivity index (χ2n) is 4.61. The van der Waals surface area contributed by atoms with Crippen LogP contribution in [0.5, 0.6) is 0 Å². The summed E-state index contributed by atoms with van der Waals surface area (Å²) in [5.41, 5.74) is 2.30. The molecule has 2 aromatic rings. The third-order valence-corrected chi connectivity index (χ3v) is 4.37. The second kappa shape index (κ2) is 6.49. The maximum absolute atomic E-state index is 10.9. The van der Waals surface area contributed by atoms with Gasteiger partial charge in [0.05, 0.1) is 15.1 Å². The molecule has 110 valence electrons. The van der Waals surface area contributed by atoms with E-state index in [-0.39, 0.29) is 5.69 Å². The summed E-state index contributed by atoms with van der Waals surface area (Å²) in [7, 11) is 0. The number of benzene rings is 1. The van der Waals surface area contributed by atoms with Crippen LogP contribution >= 0.6 is 27.5 Å². The number of rotatable bonds is 4. The quantitative estimate of drug-likeness (QED) is 0.443. The summed E-state index contributed by atoms with van der Waals surface area (Å²) in [5, 5.41) is 11.2. The topological polar surface area (TPSA) is 68.9 Å². The van der Waals surface area contributed by atoms with Crippen LogP contribution in [0.1, 0.15) is 24.6 Å². The number of aromatic nitrogens is 2. The van der Waals surface area contributed by atoms with Crippen molar-refractivity contribution in [3.05, 3.63) is 49.2 Å². The lowest BCUT2D eigenvalue weighted by atomic mass is 10.1. The average Bonchev–Trinajstić information content (AvgIpc) is 2.44. The van der Waals surface area contributed by atoms with E-state index in [1.807, 2.05) is 13.8 Å². The van der Waals surface area contributed by atoms with E-state index in [4.69, 9.17) is 11.6 Å². The molecule has 0 radical (unpaired) electrons. The molecule has 0 unspecified atom stereocenters. The van der Waals surface area contributed by atoms with E-state index < -0.39 is 4.92 Å². The van der Waals surface area contributed by atoms with Gasteiger partial charge in [0, 0.05) is 17.7 Å². The summed E-state index contributed by atoms with van der Waals surface area (Å²) in [6.07, 6.45) is 1.67. The number of nitrogens with zero attached hydrogens (tertiary/aromatic N) is 3. The number of halogens is 2. The monoisotopic (exact) mass is 369 g/mol. The predicted molar refractivity (Wildman–Crippen MR) is 85.6 cm³/mol. The Balaban J connectivity index is 2.61. The fraction of sp³-hybridized carbons (Fsp3) is 0.286. The molecule has 21 heavy (non-hydrogen) atoms. The average molecular weight is 371 g/mol. The van der Waals surface area contributed by atoms with Crippen LogP contribution in [0.15, 0.2) is 22.7 Å². The standard InChI is InChI=1S/C14H13BrClN3O2/c1-3-4-11-12(15)13(16)18-14(17-11)10-7-9(19(20)21)6-5-8(10)2/h5-7H,3-4H2,1-2H3. The predicted octanol–water partition coefficient (Wildman–Crippen LogP) is 4.73. The molecule has 0 saturated heterocycles. The number of nitro benzene ring substituents is 1. The highest BCUT2D eigenvalue weighted by Gasteiger charge is 2.16. The first-order valence-electron chi connectivity index (χ1n) is 6.41. The lowest BCUT2D eigenvalue weighted by Gasteiger charge is -2.09. The van der Waals surface area contributed by atoms with Crippen LogP contribution < -0.4 is 0 Å². The fourth-order valence-corrected chi connectivity index (χ4v) is 2.52. The van der Waals surface area contributed by atoms with Gasteiger partial charge in [-0.05, 0) is 34.8 Å².